The molecule has 0 bridgehead atoms. The van der Waals surface area contributed by atoms with Crippen LogP contribution in [0.1, 0.15) is 18.4 Å². The molecule has 140 valence electrons. The Hall–Kier alpha value is -2.66. The lowest BCUT2D eigenvalue weighted by molar-refractivity contribution is -0.135. The smallest absolute Gasteiger partial charge is 0.238 e. The molecule has 0 unspecified atom stereocenters. The van der Waals surface area contributed by atoms with Crippen LogP contribution in [0.2, 0.25) is 0 Å². The van der Waals surface area contributed by atoms with Gasteiger partial charge < -0.3 is 10.2 Å². The Bertz CT molecular complexity index is 795. The molecule has 2 fully saturated rings. The molecular weight excluding hydrogens is 338 g/mol. The Kier molecular flexibility index (Phi) is 4.94. The van der Waals surface area contributed by atoms with Crippen molar-refractivity contribution in [1.82, 2.24) is 9.80 Å². The Morgan fingerprint density at radius 2 is 1.44 bits per heavy atom. The van der Waals surface area contributed by atoms with E-state index in [-0.39, 0.29) is 17.2 Å². The van der Waals surface area contributed by atoms with Crippen molar-refractivity contribution in [2.45, 2.75) is 18.3 Å². The number of nitrogens with one attached hydrogen (secondary N) is 1. The number of carbonyl (C=O) groups excluding carboxylic acids is 2. The molecule has 0 radical (unpaired) electrons. The predicted octanol–water partition coefficient (Wildman–Crippen LogP) is 2.50. The summed E-state index contributed by atoms with van der Waals surface area (Å²) >= 11 is 0. The average molecular weight is 363 g/mol. The lowest BCUT2D eigenvalue weighted by atomic mass is 9.94. The maximum absolute atomic E-state index is 13.1. The molecule has 27 heavy (non-hydrogen) atoms. The molecule has 1 aliphatic carbocycles. The zero-order chi connectivity index (χ0) is 18.7. The van der Waals surface area contributed by atoms with Gasteiger partial charge in [-0.3, -0.25) is 14.5 Å². The Balaban J connectivity index is 1.29. The van der Waals surface area contributed by atoms with E-state index < -0.39 is 0 Å². The van der Waals surface area contributed by atoms with Crippen molar-refractivity contribution in [2.75, 3.05) is 38.0 Å². The molecule has 0 atom stereocenters. The maximum atomic E-state index is 13.1. The third-order valence-electron chi connectivity index (χ3n) is 5.57. The number of hydrogen-bond donors (Lipinski definition) is 1. The fourth-order valence-corrected chi connectivity index (χ4v) is 3.85. The van der Waals surface area contributed by atoms with E-state index in [0.717, 1.165) is 37.2 Å². The predicted molar refractivity (Wildman–Crippen MR) is 105 cm³/mol. The Morgan fingerprint density at radius 3 is 2.04 bits per heavy atom. The molecule has 1 aliphatic heterocycles. The molecule has 0 spiro atoms. The molecule has 2 aliphatic rings. The Morgan fingerprint density at radius 1 is 0.852 bits per heavy atom. The summed E-state index contributed by atoms with van der Waals surface area (Å²) in [5, 5.41) is 2.92. The van der Waals surface area contributed by atoms with Crippen molar-refractivity contribution >= 4 is 17.5 Å². The van der Waals surface area contributed by atoms with Crippen molar-refractivity contribution in [3.63, 3.8) is 0 Å². The van der Waals surface area contributed by atoms with E-state index in [1.165, 1.54) is 0 Å². The van der Waals surface area contributed by atoms with Crippen LogP contribution in [0.4, 0.5) is 5.69 Å². The van der Waals surface area contributed by atoms with Gasteiger partial charge >= 0.3 is 0 Å². The first-order valence-electron chi connectivity index (χ1n) is 9.60. The van der Waals surface area contributed by atoms with Gasteiger partial charge in [-0.25, -0.2) is 0 Å². The molecule has 1 heterocycles. The molecule has 2 aromatic carbocycles. The first-order valence-corrected chi connectivity index (χ1v) is 9.60. The molecule has 4 rings (SSSR count). The lowest BCUT2D eigenvalue weighted by Crippen LogP contribution is -2.52. The third kappa shape index (κ3) is 3.88. The highest BCUT2D eigenvalue weighted by Gasteiger charge is 2.53. The third-order valence-corrected chi connectivity index (χ3v) is 5.57. The van der Waals surface area contributed by atoms with E-state index >= 15 is 0 Å². The minimum absolute atomic E-state index is 0.0103. The monoisotopic (exact) mass is 363 g/mol. The van der Waals surface area contributed by atoms with Gasteiger partial charge in [-0.15, -0.1) is 0 Å². The van der Waals surface area contributed by atoms with Crippen LogP contribution in [0.25, 0.3) is 0 Å². The standard InChI is InChI=1S/C22H25N3O2/c26-20(23-19-9-5-2-6-10-19)17-24-13-15-25(16-14-24)21(27)22(11-12-22)18-7-3-1-4-8-18/h1-10H,11-17H2,(H,23,26). The Labute approximate surface area is 160 Å². The molecule has 0 aromatic heterocycles. The van der Waals surface area contributed by atoms with E-state index in [0.29, 0.717) is 19.6 Å². The second-order valence-corrected chi connectivity index (χ2v) is 7.43. The highest BCUT2D eigenvalue weighted by atomic mass is 16.2. The average Bonchev–Trinajstić information content (AvgIpc) is 3.51. The highest BCUT2D eigenvalue weighted by molar-refractivity contribution is 5.92. The lowest BCUT2D eigenvalue weighted by Gasteiger charge is -2.36. The summed E-state index contributed by atoms with van der Waals surface area (Å²) in [5.41, 5.74) is 1.66. The van der Waals surface area contributed by atoms with Crippen molar-refractivity contribution < 1.29 is 9.59 Å². The summed E-state index contributed by atoms with van der Waals surface area (Å²) in [7, 11) is 0. The SMILES string of the molecule is O=C(CN1CCN(C(=O)C2(c3ccccc3)CC2)CC1)Nc1ccccc1. The zero-order valence-corrected chi connectivity index (χ0v) is 15.4. The van der Waals surface area contributed by atoms with Crippen molar-refractivity contribution in [3.8, 4) is 0 Å². The van der Waals surface area contributed by atoms with Crippen LogP contribution in [0.3, 0.4) is 0 Å². The van der Waals surface area contributed by atoms with Crippen LogP contribution in [-0.4, -0.2) is 54.3 Å². The van der Waals surface area contributed by atoms with Gasteiger partial charge in [-0.05, 0) is 30.5 Å². The highest BCUT2D eigenvalue weighted by Crippen LogP contribution is 2.49. The summed E-state index contributed by atoms with van der Waals surface area (Å²) in [6.07, 6.45) is 1.88. The second-order valence-electron chi connectivity index (χ2n) is 7.43. The maximum Gasteiger partial charge on any atom is 0.238 e. The minimum Gasteiger partial charge on any atom is -0.339 e. The number of nitrogens with zero attached hydrogens (tertiary/aromatic N) is 2. The zero-order valence-electron chi connectivity index (χ0n) is 15.4. The number of benzene rings is 2. The molecular formula is C22H25N3O2. The first-order chi connectivity index (χ1) is 13.2. The van der Waals surface area contributed by atoms with E-state index in [9.17, 15) is 9.59 Å². The number of piperazine rings is 1. The molecule has 2 aromatic rings. The van der Waals surface area contributed by atoms with Gasteiger partial charge in [0.2, 0.25) is 11.8 Å². The summed E-state index contributed by atoms with van der Waals surface area (Å²) in [5.74, 6) is 0.242. The van der Waals surface area contributed by atoms with Gasteiger partial charge in [-0.2, -0.15) is 0 Å². The second kappa shape index (κ2) is 7.53. The molecule has 5 nitrogen and oxygen atoms in total. The van der Waals surface area contributed by atoms with E-state index in [4.69, 9.17) is 0 Å². The summed E-state index contributed by atoms with van der Waals surface area (Å²) in [4.78, 5) is 29.4. The molecule has 2 amide bonds. The van der Waals surface area contributed by atoms with Crippen molar-refractivity contribution in [3.05, 3.63) is 66.2 Å². The van der Waals surface area contributed by atoms with Crippen LogP contribution in [0, 0.1) is 0 Å². The number of carbonyl (C=O) groups is 2. The fraction of sp³-hybridized carbons (Fsp3) is 0.364. The van der Waals surface area contributed by atoms with Crippen molar-refractivity contribution in [2.24, 2.45) is 0 Å². The van der Waals surface area contributed by atoms with Gasteiger partial charge in [-0.1, -0.05) is 48.5 Å². The van der Waals surface area contributed by atoms with Crippen LogP contribution in [0.15, 0.2) is 60.7 Å². The molecule has 1 saturated carbocycles. The van der Waals surface area contributed by atoms with Gasteiger partial charge in [0.25, 0.3) is 0 Å². The van der Waals surface area contributed by atoms with Crippen LogP contribution in [0.5, 0.6) is 0 Å². The fourth-order valence-electron chi connectivity index (χ4n) is 3.85. The van der Waals surface area contributed by atoms with Gasteiger partial charge in [0.15, 0.2) is 0 Å². The summed E-state index contributed by atoms with van der Waals surface area (Å²) in [6, 6.07) is 19.6. The largest absolute Gasteiger partial charge is 0.339 e. The van der Waals surface area contributed by atoms with E-state index in [1.807, 2.05) is 53.4 Å². The van der Waals surface area contributed by atoms with E-state index in [1.54, 1.807) is 0 Å². The van der Waals surface area contributed by atoms with Crippen LogP contribution >= 0.6 is 0 Å². The van der Waals surface area contributed by atoms with Crippen molar-refractivity contribution in [1.29, 1.82) is 0 Å². The van der Waals surface area contributed by atoms with Crippen LogP contribution < -0.4 is 5.32 Å². The topological polar surface area (TPSA) is 52.7 Å². The van der Waals surface area contributed by atoms with Gasteiger partial charge in [0.1, 0.15) is 0 Å². The van der Waals surface area contributed by atoms with Gasteiger partial charge in [0, 0.05) is 31.9 Å². The quantitative estimate of drug-likeness (QED) is 0.888. The molecule has 5 heteroatoms. The molecule has 1 N–H and O–H groups in total. The summed E-state index contributed by atoms with van der Waals surface area (Å²) < 4.78 is 0. The van der Waals surface area contributed by atoms with Gasteiger partial charge in [0.05, 0.1) is 12.0 Å². The number of anilines is 1. The summed E-state index contributed by atoms with van der Waals surface area (Å²) in [6.45, 7) is 3.20. The minimum atomic E-state index is -0.298. The molecule has 1 saturated heterocycles. The normalized spacial score (nSPS) is 18.7. The number of para-hydroxylation sites is 1. The van der Waals surface area contributed by atoms with E-state index in [2.05, 4.69) is 22.3 Å². The first kappa shape index (κ1) is 17.7. The number of rotatable bonds is 5. The number of amides is 2. The van der Waals surface area contributed by atoms with Crippen LogP contribution in [-0.2, 0) is 15.0 Å². The number of hydrogen-bond acceptors (Lipinski definition) is 3.